The van der Waals surface area contributed by atoms with Gasteiger partial charge in [0.25, 0.3) is 0 Å². The minimum absolute atomic E-state index is 0.282. The van der Waals surface area contributed by atoms with Crippen LogP contribution < -0.4 is 11.1 Å². The lowest BCUT2D eigenvalue weighted by Gasteiger charge is -2.26. The third kappa shape index (κ3) is 4.84. The Morgan fingerprint density at radius 2 is 2.06 bits per heavy atom. The molecular weight excluding hydrogens is 290 g/mol. The Balaban J connectivity index is 2.53. The highest BCUT2D eigenvalue weighted by Crippen LogP contribution is 2.30. The molecular formula is C14H24BrN3. The monoisotopic (exact) mass is 313 g/mol. The summed E-state index contributed by atoms with van der Waals surface area (Å²) in [6, 6.07) is 0. The van der Waals surface area contributed by atoms with Crippen LogP contribution in [0.25, 0.3) is 0 Å². The maximum atomic E-state index is 5.92. The molecule has 0 aromatic carbocycles. The molecule has 0 radical (unpaired) electrons. The number of nitrogens with one attached hydrogen (secondary N) is 1. The second-order valence-corrected chi connectivity index (χ2v) is 6.41. The van der Waals surface area contributed by atoms with Crippen LogP contribution in [-0.4, -0.2) is 11.5 Å². The van der Waals surface area contributed by atoms with Crippen LogP contribution in [0.2, 0.25) is 0 Å². The largest absolute Gasteiger partial charge is 0.396 e. The van der Waals surface area contributed by atoms with Gasteiger partial charge in [0.15, 0.2) is 0 Å². The second kappa shape index (κ2) is 6.98. The summed E-state index contributed by atoms with van der Waals surface area (Å²) in [6.45, 7) is 7.74. The first-order valence-electron chi connectivity index (χ1n) is 6.59. The van der Waals surface area contributed by atoms with Crippen molar-refractivity contribution >= 4 is 27.3 Å². The van der Waals surface area contributed by atoms with E-state index in [2.05, 4.69) is 47.0 Å². The Morgan fingerprint density at radius 3 is 2.67 bits per heavy atom. The molecule has 0 saturated carbocycles. The maximum absolute atomic E-state index is 5.92. The molecule has 1 rings (SSSR count). The third-order valence-corrected chi connectivity index (χ3v) is 3.73. The summed E-state index contributed by atoms with van der Waals surface area (Å²) in [5.74, 6) is 0. The van der Waals surface area contributed by atoms with Crippen molar-refractivity contribution in [1.29, 1.82) is 0 Å². The lowest BCUT2D eigenvalue weighted by molar-refractivity contribution is 0.342. The van der Waals surface area contributed by atoms with E-state index >= 15 is 0 Å². The molecule has 3 nitrogen and oxygen atoms in total. The number of nitrogen functional groups attached to an aromatic ring is 1. The van der Waals surface area contributed by atoms with Crippen molar-refractivity contribution in [2.24, 2.45) is 5.41 Å². The van der Waals surface area contributed by atoms with Gasteiger partial charge in [0.1, 0.15) is 0 Å². The molecule has 0 bridgehead atoms. The van der Waals surface area contributed by atoms with E-state index in [0.717, 1.165) is 16.7 Å². The molecule has 0 saturated heterocycles. The number of nitrogens with zero attached hydrogens (tertiary/aromatic N) is 1. The van der Waals surface area contributed by atoms with Gasteiger partial charge in [0, 0.05) is 12.7 Å². The number of pyridine rings is 1. The molecule has 0 aliphatic carbocycles. The SMILES string of the molecule is CCCCCC(C)(C)CNc1c(N)cncc1Br. The first kappa shape index (κ1) is 15.3. The Morgan fingerprint density at radius 1 is 1.33 bits per heavy atom. The highest BCUT2D eigenvalue weighted by Gasteiger charge is 2.18. The van der Waals surface area contributed by atoms with Crippen LogP contribution in [0, 0.1) is 5.41 Å². The van der Waals surface area contributed by atoms with Gasteiger partial charge < -0.3 is 11.1 Å². The summed E-state index contributed by atoms with van der Waals surface area (Å²) in [6.07, 6.45) is 8.55. The van der Waals surface area contributed by atoms with Gasteiger partial charge in [-0.1, -0.05) is 40.0 Å². The Labute approximate surface area is 119 Å². The molecule has 1 heterocycles. The first-order valence-corrected chi connectivity index (χ1v) is 7.38. The number of hydrogen-bond donors (Lipinski definition) is 2. The van der Waals surface area contributed by atoms with Crippen molar-refractivity contribution in [3.63, 3.8) is 0 Å². The number of aromatic nitrogens is 1. The quantitative estimate of drug-likeness (QED) is 0.731. The number of anilines is 2. The van der Waals surface area contributed by atoms with E-state index in [0.29, 0.717) is 5.69 Å². The van der Waals surface area contributed by atoms with E-state index in [1.807, 2.05) is 0 Å². The van der Waals surface area contributed by atoms with Gasteiger partial charge in [-0.3, -0.25) is 4.98 Å². The van der Waals surface area contributed by atoms with Crippen LogP contribution >= 0.6 is 15.9 Å². The molecule has 0 aliphatic rings. The molecule has 1 aromatic heterocycles. The van der Waals surface area contributed by atoms with Gasteiger partial charge in [0.05, 0.1) is 22.0 Å². The fourth-order valence-electron chi connectivity index (χ4n) is 1.91. The molecule has 0 unspecified atom stereocenters. The lowest BCUT2D eigenvalue weighted by atomic mass is 9.87. The lowest BCUT2D eigenvalue weighted by Crippen LogP contribution is -2.23. The Hall–Kier alpha value is -0.770. The summed E-state index contributed by atoms with van der Waals surface area (Å²) in [7, 11) is 0. The normalized spacial score (nSPS) is 11.6. The van der Waals surface area contributed by atoms with E-state index in [-0.39, 0.29) is 5.41 Å². The van der Waals surface area contributed by atoms with E-state index < -0.39 is 0 Å². The van der Waals surface area contributed by atoms with E-state index in [1.54, 1.807) is 12.4 Å². The van der Waals surface area contributed by atoms with Gasteiger partial charge in [-0.15, -0.1) is 0 Å². The molecule has 1 aromatic rings. The summed E-state index contributed by atoms with van der Waals surface area (Å²) >= 11 is 3.47. The highest BCUT2D eigenvalue weighted by atomic mass is 79.9. The number of hydrogen-bond acceptors (Lipinski definition) is 3. The van der Waals surface area contributed by atoms with Crippen LogP contribution in [0.4, 0.5) is 11.4 Å². The highest BCUT2D eigenvalue weighted by molar-refractivity contribution is 9.10. The van der Waals surface area contributed by atoms with Crippen molar-refractivity contribution in [2.75, 3.05) is 17.6 Å². The number of rotatable bonds is 7. The fraction of sp³-hybridized carbons (Fsp3) is 0.643. The average molecular weight is 314 g/mol. The Kier molecular flexibility index (Phi) is 5.93. The molecule has 0 atom stereocenters. The molecule has 102 valence electrons. The van der Waals surface area contributed by atoms with E-state index in [4.69, 9.17) is 5.73 Å². The van der Waals surface area contributed by atoms with Crippen LogP contribution in [0.3, 0.4) is 0 Å². The zero-order valence-electron chi connectivity index (χ0n) is 11.6. The minimum atomic E-state index is 0.282. The molecule has 0 amide bonds. The maximum Gasteiger partial charge on any atom is 0.0750 e. The second-order valence-electron chi connectivity index (χ2n) is 5.56. The molecule has 3 N–H and O–H groups in total. The minimum Gasteiger partial charge on any atom is -0.396 e. The predicted molar refractivity (Wildman–Crippen MR) is 82.8 cm³/mol. The molecule has 4 heteroatoms. The van der Waals surface area contributed by atoms with Crippen molar-refractivity contribution in [3.05, 3.63) is 16.9 Å². The fourth-order valence-corrected chi connectivity index (χ4v) is 2.39. The zero-order chi connectivity index (χ0) is 13.6. The molecule has 0 spiro atoms. The summed E-state index contributed by atoms with van der Waals surface area (Å²) in [4.78, 5) is 4.04. The van der Waals surface area contributed by atoms with Crippen LogP contribution in [0.1, 0.15) is 46.5 Å². The first-order chi connectivity index (χ1) is 8.46. The summed E-state index contributed by atoms with van der Waals surface area (Å²) in [5, 5.41) is 3.44. The summed E-state index contributed by atoms with van der Waals surface area (Å²) in [5.41, 5.74) is 7.84. The zero-order valence-corrected chi connectivity index (χ0v) is 13.2. The van der Waals surface area contributed by atoms with Gasteiger partial charge in [-0.05, 0) is 27.8 Å². The van der Waals surface area contributed by atoms with Crippen molar-refractivity contribution < 1.29 is 0 Å². The topological polar surface area (TPSA) is 50.9 Å². The smallest absolute Gasteiger partial charge is 0.0750 e. The van der Waals surface area contributed by atoms with Gasteiger partial charge in [-0.25, -0.2) is 0 Å². The molecule has 0 fully saturated rings. The van der Waals surface area contributed by atoms with Gasteiger partial charge >= 0.3 is 0 Å². The van der Waals surface area contributed by atoms with Crippen molar-refractivity contribution in [2.45, 2.75) is 46.5 Å². The van der Waals surface area contributed by atoms with Crippen LogP contribution in [0.15, 0.2) is 16.9 Å². The third-order valence-electron chi connectivity index (χ3n) is 3.13. The average Bonchev–Trinajstić information content (AvgIpc) is 2.28. The molecule has 18 heavy (non-hydrogen) atoms. The number of halogens is 1. The van der Waals surface area contributed by atoms with Crippen molar-refractivity contribution in [1.82, 2.24) is 4.98 Å². The number of unbranched alkanes of at least 4 members (excludes halogenated alkanes) is 2. The van der Waals surface area contributed by atoms with E-state index in [1.165, 1.54) is 25.7 Å². The van der Waals surface area contributed by atoms with E-state index in [9.17, 15) is 0 Å². The molecule has 0 aliphatic heterocycles. The Bertz CT molecular complexity index is 357. The predicted octanol–water partition coefficient (Wildman–Crippen LogP) is 4.44. The summed E-state index contributed by atoms with van der Waals surface area (Å²) < 4.78 is 0.923. The van der Waals surface area contributed by atoms with Crippen LogP contribution in [0.5, 0.6) is 0 Å². The van der Waals surface area contributed by atoms with Crippen LogP contribution in [-0.2, 0) is 0 Å². The standard InChI is InChI=1S/C14H24BrN3/c1-4-5-6-7-14(2,3)10-18-13-11(15)8-17-9-12(13)16/h8-9H,4-7,10,16H2,1-3H3,(H,17,18). The number of nitrogens with two attached hydrogens (primary N) is 1. The van der Waals surface area contributed by atoms with Gasteiger partial charge in [-0.2, -0.15) is 0 Å². The van der Waals surface area contributed by atoms with Gasteiger partial charge in [0.2, 0.25) is 0 Å². The van der Waals surface area contributed by atoms with Crippen molar-refractivity contribution in [3.8, 4) is 0 Å².